The highest BCUT2D eigenvalue weighted by Gasteiger charge is 2.53. The van der Waals surface area contributed by atoms with Gasteiger partial charge in [-0.1, -0.05) is 182 Å². The topological polar surface area (TPSA) is 21.7 Å². The summed E-state index contributed by atoms with van der Waals surface area (Å²) in [5.41, 5.74) is 19.2. The molecule has 0 unspecified atom stereocenters. The summed E-state index contributed by atoms with van der Waals surface area (Å²) in [5.74, 6) is 2.79. The summed E-state index contributed by atoms with van der Waals surface area (Å²) in [6.07, 6.45) is 0. The Labute approximate surface area is 372 Å². The molecule has 3 nitrogen and oxygen atoms in total. The standard InChI is InChI=1S/C61H39NO2/c1-4-17-40(18-5-1)43-23-16-24-46(36-43)62(48-37-44(41-19-6-2-7-20-41)35-45(38-48)42-21-8-3-9-22-42)47-31-33-56-58(39-47)64-60-57(63-56)34-32-55-59(60)51-27-12-15-30-54(51)61(55)52-28-13-10-25-49(52)50-26-11-14-29-53(50)61/h1-39H. The molecular formula is C61H39NO2. The highest BCUT2D eigenvalue weighted by molar-refractivity contribution is 5.98. The Morgan fingerprint density at radius 1 is 0.281 bits per heavy atom. The van der Waals surface area contributed by atoms with Gasteiger partial charge in [-0.05, 0) is 121 Å². The van der Waals surface area contributed by atoms with Crippen molar-refractivity contribution < 1.29 is 9.47 Å². The van der Waals surface area contributed by atoms with Crippen LogP contribution in [0.5, 0.6) is 23.0 Å². The fourth-order valence-electron chi connectivity index (χ4n) is 10.6. The molecule has 0 fully saturated rings. The lowest BCUT2D eigenvalue weighted by atomic mass is 9.70. The fraction of sp³-hybridized carbons (Fsp3) is 0.0164. The van der Waals surface area contributed by atoms with Crippen molar-refractivity contribution >= 4 is 17.1 Å². The van der Waals surface area contributed by atoms with E-state index in [-0.39, 0.29) is 0 Å². The van der Waals surface area contributed by atoms with Gasteiger partial charge in [-0.2, -0.15) is 0 Å². The number of anilines is 3. The SMILES string of the molecule is c1ccc(-c2cccc(N(c3cc(-c4ccccc4)cc(-c4ccccc4)c3)c3ccc4c(c3)Oc3c(ccc5c3-c3ccccc3C53c5ccccc5-c5ccccc53)O4)c2)cc1. The normalized spacial score (nSPS) is 13.1. The van der Waals surface area contributed by atoms with Crippen LogP contribution in [-0.2, 0) is 5.41 Å². The summed E-state index contributed by atoms with van der Waals surface area (Å²) in [4.78, 5) is 2.34. The number of nitrogens with zero attached hydrogens (tertiary/aromatic N) is 1. The van der Waals surface area contributed by atoms with Gasteiger partial charge in [0.1, 0.15) is 0 Å². The van der Waals surface area contributed by atoms with Crippen molar-refractivity contribution in [3.05, 3.63) is 259 Å². The van der Waals surface area contributed by atoms with Gasteiger partial charge in [0.25, 0.3) is 0 Å². The minimum Gasteiger partial charge on any atom is -0.449 e. The molecule has 2 aliphatic carbocycles. The monoisotopic (exact) mass is 817 g/mol. The zero-order chi connectivity index (χ0) is 42.2. The fourth-order valence-corrected chi connectivity index (χ4v) is 10.6. The summed E-state index contributed by atoms with van der Waals surface area (Å²) < 4.78 is 14.1. The number of ether oxygens (including phenoxy) is 2. The summed E-state index contributed by atoms with van der Waals surface area (Å²) in [6.45, 7) is 0. The van der Waals surface area contributed by atoms with E-state index >= 15 is 0 Å². The van der Waals surface area contributed by atoms with E-state index in [4.69, 9.17) is 9.47 Å². The van der Waals surface area contributed by atoms with Gasteiger partial charge >= 0.3 is 0 Å². The molecule has 0 N–H and O–H groups in total. The molecule has 300 valence electrons. The summed E-state index contributed by atoms with van der Waals surface area (Å²) in [6, 6.07) is 84.8. The summed E-state index contributed by atoms with van der Waals surface area (Å²) >= 11 is 0. The number of fused-ring (bicyclic) bond motifs is 13. The molecule has 13 rings (SSSR count). The molecule has 0 atom stereocenters. The number of rotatable bonds is 6. The second-order valence-corrected chi connectivity index (χ2v) is 16.8. The Hall–Kier alpha value is -8.40. The van der Waals surface area contributed by atoms with Crippen LogP contribution in [0.25, 0.3) is 55.6 Å². The maximum atomic E-state index is 7.25. The van der Waals surface area contributed by atoms with Crippen LogP contribution in [0.15, 0.2) is 237 Å². The minimum atomic E-state index is -0.486. The Balaban J connectivity index is 0.996. The number of benzene rings is 10. The van der Waals surface area contributed by atoms with Gasteiger partial charge in [0, 0.05) is 23.0 Å². The zero-order valence-corrected chi connectivity index (χ0v) is 34.8. The van der Waals surface area contributed by atoms with Crippen LogP contribution in [0, 0.1) is 0 Å². The van der Waals surface area contributed by atoms with Gasteiger partial charge in [-0.3, -0.25) is 0 Å². The third kappa shape index (κ3) is 5.47. The highest BCUT2D eigenvalue weighted by atomic mass is 16.6. The number of hydrogen-bond acceptors (Lipinski definition) is 3. The van der Waals surface area contributed by atoms with Crippen LogP contribution in [-0.4, -0.2) is 0 Å². The molecule has 0 radical (unpaired) electrons. The van der Waals surface area contributed by atoms with E-state index in [1.165, 1.54) is 33.4 Å². The molecule has 10 aromatic carbocycles. The molecule has 64 heavy (non-hydrogen) atoms. The lowest BCUT2D eigenvalue weighted by Gasteiger charge is -2.31. The minimum absolute atomic E-state index is 0.486. The van der Waals surface area contributed by atoms with Gasteiger partial charge in [0.15, 0.2) is 23.0 Å². The van der Waals surface area contributed by atoms with Crippen LogP contribution >= 0.6 is 0 Å². The summed E-state index contributed by atoms with van der Waals surface area (Å²) in [7, 11) is 0. The van der Waals surface area contributed by atoms with Gasteiger partial charge in [-0.15, -0.1) is 0 Å². The molecule has 1 heterocycles. The molecule has 10 aromatic rings. The van der Waals surface area contributed by atoms with Crippen molar-refractivity contribution in [1.29, 1.82) is 0 Å². The largest absolute Gasteiger partial charge is 0.449 e. The molecule has 3 heteroatoms. The van der Waals surface area contributed by atoms with Gasteiger partial charge in [0.05, 0.1) is 11.1 Å². The van der Waals surface area contributed by atoms with E-state index < -0.39 is 5.41 Å². The second-order valence-electron chi connectivity index (χ2n) is 16.8. The molecule has 0 saturated heterocycles. The van der Waals surface area contributed by atoms with E-state index in [2.05, 4.69) is 235 Å². The van der Waals surface area contributed by atoms with E-state index in [9.17, 15) is 0 Å². The van der Waals surface area contributed by atoms with Crippen LogP contribution in [0.2, 0.25) is 0 Å². The molecule has 3 aliphatic rings. The lowest BCUT2D eigenvalue weighted by Crippen LogP contribution is -2.25. The van der Waals surface area contributed by atoms with Crippen molar-refractivity contribution in [1.82, 2.24) is 0 Å². The Morgan fingerprint density at radius 3 is 1.39 bits per heavy atom. The quantitative estimate of drug-likeness (QED) is 0.167. The third-order valence-corrected chi connectivity index (χ3v) is 13.3. The Morgan fingerprint density at radius 2 is 0.766 bits per heavy atom. The van der Waals surface area contributed by atoms with E-state index in [1.807, 2.05) is 6.07 Å². The molecule has 0 amide bonds. The first-order valence-corrected chi connectivity index (χ1v) is 21.9. The molecule has 1 spiro atoms. The average Bonchev–Trinajstić information content (AvgIpc) is 3.84. The van der Waals surface area contributed by atoms with Crippen molar-refractivity contribution in [2.24, 2.45) is 0 Å². The molecule has 1 aliphatic heterocycles. The first-order chi connectivity index (χ1) is 31.7. The molecule has 0 bridgehead atoms. The van der Waals surface area contributed by atoms with Crippen molar-refractivity contribution in [3.63, 3.8) is 0 Å². The van der Waals surface area contributed by atoms with Gasteiger partial charge in [-0.25, -0.2) is 0 Å². The zero-order valence-electron chi connectivity index (χ0n) is 34.8. The van der Waals surface area contributed by atoms with E-state index in [0.717, 1.165) is 67.3 Å². The molecular weight excluding hydrogens is 779 g/mol. The second kappa shape index (κ2) is 14.3. The van der Waals surface area contributed by atoms with E-state index in [1.54, 1.807) is 0 Å². The first-order valence-electron chi connectivity index (χ1n) is 21.9. The van der Waals surface area contributed by atoms with Crippen LogP contribution in [0.1, 0.15) is 22.3 Å². The number of hydrogen-bond donors (Lipinski definition) is 0. The average molecular weight is 818 g/mol. The maximum Gasteiger partial charge on any atom is 0.178 e. The third-order valence-electron chi connectivity index (χ3n) is 13.3. The first kappa shape index (κ1) is 36.3. The summed E-state index contributed by atoms with van der Waals surface area (Å²) in [5, 5.41) is 0. The Bertz CT molecular complexity index is 3350. The molecule has 0 aromatic heterocycles. The van der Waals surface area contributed by atoms with Crippen molar-refractivity contribution in [3.8, 4) is 78.6 Å². The predicted octanol–water partition coefficient (Wildman–Crippen LogP) is 16.4. The molecule has 0 saturated carbocycles. The van der Waals surface area contributed by atoms with Gasteiger partial charge < -0.3 is 14.4 Å². The van der Waals surface area contributed by atoms with Gasteiger partial charge in [0.2, 0.25) is 0 Å². The van der Waals surface area contributed by atoms with Crippen molar-refractivity contribution in [2.45, 2.75) is 5.41 Å². The van der Waals surface area contributed by atoms with Crippen LogP contribution in [0.3, 0.4) is 0 Å². The van der Waals surface area contributed by atoms with E-state index in [0.29, 0.717) is 17.2 Å². The maximum absolute atomic E-state index is 7.25. The lowest BCUT2D eigenvalue weighted by molar-refractivity contribution is 0.360. The predicted molar refractivity (Wildman–Crippen MR) is 260 cm³/mol. The Kier molecular flexibility index (Phi) is 8.13. The smallest absolute Gasteiger partial charge is 0.178 e. The van der Waals surface area contributed by atoms with Crippen molar-refractivity contribution in [2.75, 3.05) is 4.90 Å². The highest BCUT2D eigenvalue weighted by Crippen LogP contribution is 2.66. The van der Waals surface area contributed by atoms with Crippen LogP contribution < -0.4 is 14.4 Å². The van der Waals surface area contributed by atoms with Crippen LogP contribution in [0.4, 0.5) is 17.1 Å².